The number of hydrogen-bond acceptors (Lipinski definition) is 1. The predicted molar refractivity (Wildman–Crippen MR) is 190 cm³/mol. The van der Waals surface area contributed by atoms with Crippen LogP contribution in [0.3, 0.4) is 0 Å². The number of benzene rings is 5. The number of rotatable bonds is 7. The fourth-order valence-electron chi connectivity index (χ4n) is 5.44. The minimum absolute atomic E-state index is 0. The Bertz CT molecular complexity index is 1690. The van der Waals surface area contributed by atoms with Crippen molar-refractivity contribution in [1.82, 2.24) is 4.98 Å². The molecule has 0 amide bonds. The molecule has 0 bridgehead atoms. The summed E-state index contributed by atoms with van der Waals surface area (Å²) < 4.78 is 0. The Hall–Kier alpha value is -3.64. The molecular formula is C40H42HfN4. The second-order valence-electron chi connectivity index (χ2n) is 10.5. The van der Waals surface area contributed by atoms with Gasteiger partial charge in [-0.15, -0.1) is 41.6 Å². The smallest absolute Gasteiger partial charge is 0.673 e. The van der Waals surface area contributed by atoms with E-state index in [9.17, 15) is 0 Å². The number of aryl methyl sites for hydroxylation is 2. The molecule has 4 nitrogen and oxygen atoms in total. The molecule has 1 atom stereocenters. The molecule has 5 aromatic carbocycles. The monoisotopic (exact) mass is 758 g/mol. The molecule has 6 aromatic rings. The second-order valence-corrected chi connectivity index (χ2v) is 10.5. The Labute approximate surface area is 288 Å². The zero-order chi connectivity index (χ0) is 31.3. The number of para-hydroxylation sites is 1. The molecule has 0 saturated heterocycles. The Morgan fingerprint density at radius 3 is 1.71 bits per heavy atom. The van der Waals surface area contributed by atoms with E-state index in [0.717, 1.165) is 35.5 Å². The van der Waals surface area contributed by atoms with Crippen LogP contribution in [0.15, 0.2) is 115 Å². The first-order chi connectivity index (χ1) is 21.6. The maximum atomic E-state index is 5.60. The van der Waals surface area contributed by atoms with Gasteiger partial charge < -0.3 is 20.9 Å². The van der Waals surface area contributed by atoms with Crippen molar-refractivity contribution in [2.45, 2.75) is 32.7 Å². The second kappa shape index (κ2) is 18.4. The molecule has 1 aromatic heterocycles. The summed E-state index contributed by atoms with van der Waals surface area (Å²) in [6.45, 7) is 4.42. The van der Waals surface area contributed by atoms with Crippen molar-refractivity contribution >= 4 is 27.2 Å². The van der Waals surface area contributed by atoms with Crippen LogP contribution >= 0.6 is 0 Å². The summed E-state index contributed by atoms with van der Waals surface area (Å²) in [6, 6.07) is 43.5. The topological polar surface area (TPSA) is 55.2 Å². The quantitative estimate of drug-likeness (QED) is 0.0909. The molecular weight excluding hydrogens is 715 g/mol. The van der Waals surface area contributed by atoms with E-state index in [-0.39, 0.29) is 31.9 Å². The van der Waals surface area contributed by atoms with Crippen molar-refractivity contribution < 1.29 is 25.8 Å². The SMILES string of the molecule is CCc1cccc(CC)c1[N-]C(c1cccc(-c2[c-]cccc2)n1)c1c2ccccc2cc2ccccc12.C[N-]C.C[N-]C.[Hf+4]. The van der Waals surface area contributed by atoms with Crippen molar-refractivity contribution in [1.29, 1.82) is 0 Å². The van der Waals surface area contributed by atoms with Gasteiger partial charge in [0.05, 0.1) is 0 Å². The Kier molecular flexibility index (Phi) is 14.6. The first kappa shape index (κ1) is 35.8. The summed E-state index contributed by atoms with van der Waals surface area (Å²) in [5.41, 5.74) is 7.67. The average molecular weight is 757 g/mol. The number of aromatic nitrogens is 1. The van der Waals surface area contributed by atoms with Crippen LogP contribution < -0.4 is 0 Å². The zero-order valence-corrected chi connectivity index (χ0v) is 30.8. The van der Waals surface area contributed by atoms with E-state index in [4.69, 9.17) is 10.3 Å². The first-order valence-electron chi connectivity index (χ1n) is 15.2. The maximum absolute atomic E-state index is 5.60. The predicted octanol–water partition coefficient (Wildman–Crippen LogP) is 11.0. The molecule has 0 aliphatic carbocycles. The van der Waals surface area contributed by atoms with E-state index in [1.165, 1.54) is 38.2 Å². The molecule has 0 fully saturated rings. The molecule has 0 aliphatic heterocycles. The van der Waals surface area contributed by atoms with E-state index in [1.807, 2.05) is 18.2 Å². The van der Waals surface area contributed by atoms with Crippen molar-refractivity contribution in [2.75, 3.05) is 28.2 Å². The van der Waals surface area contributed by atoms with E-state index in [2.05, 4.69) is 128 Å². The van der Waals surface area contributed by atoms with Crippen molar-refractivity contribution in [3.63, 3.8) is 0 Å². The van der Waals surface area contributed by atoms with Gasteiger partial charge in [0.25, 0.3) is 0 Å². The molecule has 226 valence electrons. The Morgan fingerprint density at radius 2 is 1.18 bits per heavy atom. The molecule has 0 radical (unpaired) electrons. The molecule has 0 N–H and O–H groups in total. The molecule has 0 aliphatic rings. The maximum Gasteiger partial charge on any atom is 4.00 e. The van der Waals surface area contributed by atoms with Crippen LogP contribution in [-0.4, -0.2) is 33.2 Å². The molecule has 0 spiro atoms. The number of nitrogens with zero attached hydrogens (tertiary/aromatic N) is 4. The van der Waals surface area contributed by atoms with E-state index >= 15 is 0 Å². The van der Waals surface area contributed by atoms with Gasteiger partial charge in [-0.3, -0.25) is 0 Å². The molecule has 0 saturated carbocycles. The normalized spacial score (nSPS) is 11.0. The summed E-state index contributed by atoms with van der Waals surface area (Å²) in [7, 11) is 7.00. The third kappa shape index (κ3) is 8.76. The molecule has 1 unspecified atom stereocenters. The van der Waals surface area contributed by atoms with Gasteiger partial charge in [0.1, 0.15) is 0 Å². The van der Waals surface area contributed by atoms with Gasteiger partial charge in [-0.25, -0.2) is 0 Å². The molecule has 6 rings (SSSR count). The van der Waals surface area contributed by atoms with Crippen LogP contribution in [0.4, 0.5) is 5.69 Å². The van der Waals surface area contributed by atoms with Crippen LogP contribution in [0.1, 0.15) is 42.3 Å². The minimum Gasteiger partial charge on any atom is -0.673 e. The van der Waals surface area contributed by atoms with Crippen molar-refractivity contribution in [3.05, 3.63) is 160 Å². The van der Waals surface area contributed by atoms with Gasteiger partial charge >= 0.3 is 25.8 Å². The molecule has 1 heterocycles. The zero-order valence-electron chi connectivity index (χ0n) is 27.3. The first-order valence-corrected chi connectivity index (χ1v) is 15.2. The summed E-state index contributed by atoms with van der Waals surface area (Å²) in [4.78, 5) is 5.22. The molecule has 5 heteroatoms. The number of hydrogen-bond donors (Lipinski definition) is 0. The van der Waals surface area contributed by atoms with E-state index < -0.39 is 0 Å². The van der Waals surface area contributed by atoms with Crippen LogP contribution in [0, 0.1) is 6.07 Å². The van der Waals surface area contributed by atoms with E-state index in [0.29, 0.717) is 0 Å². The standard InChI is InChI=1S/C36H30N2.2C2H6N.Hf/c1-3-25-18-12-19-26(4-2)35(25)38-36(33-23-13-22-32(37-33)27-14-6-5-7-15-27)34-30-20-10-8-16-28(30)24-29-17-9-11-21-31(29)34;2*1-3-2;/h5-14,16-24,36H,3-4H2,1-2H3;2*1-2H3;/q-2;2*-1;+4. The largest absolute Gasteiger partial charge is 4.00 e. The van der Waals surface area contributed by atoms with E-state index in [1.54, 1.807) is 28.2 Å². The molecule has 45 heavy (non-hydrogen) atoms. The van der Waals surface area contributed by atoms with Gasteiger partial charge in [0, 0.05) is 5.69 Å². The van der Waals surface area contributed by atoms with Gasteiger partial charge in [-0.1, -0.05) is 104 Å². The Morgan fingerprint density at radius 1 is 0.644 bits per heavy atom. The summed E-state index contributed by atoms with van der Waals surface area (Å²) in [5.74, 6) is 0. The third-order valence-corrected chi connectivity index (χ3v) is 7.35. The average Bonchev–Trinajstić information content (AvgIpc) is 3.07. The number of pyridine rings is 1. The van der Waals surface area contributed by atoms with Crippen LogP contribution in [0.25, 0.3) is 48.8 Å². The fourth-order valence-corrected chi connectivity index (χ4v) is 5.44. The number of fused-ring (bicyclic) bond motifs is 2. The van der Waals surface area contributed by atoms with Gasteiger partial charge in [-0.05, 0) is 63.8 Å². The van der Waals surface area contributed by atoms with Crippen LogP contribution in [0.2, 0.25) is 0 Å². The van der Waals surface area contributed by atoms with Crippen LogP contribution in [0.5, 0.6) is 0 Å². The van der Waals surface area contributed by atoms with Gasteiger partial charge in [-0.2, -0.15) is 28.2 Å². The Balaban J connectivity index is 0.000000733. The van der Waals surface area contributed by atoms with Gasteiger partial charge in [0.2, 0.25) is 0 Å². The summed E-state index contributed by atoms with van der Waals surface area (Å²) in [6.07, 6.45) is 1.87. The van der Waals surface area contributed by atoms with Crippen LogP contribution in [-0.2, 0) is 38.7 Å². The summed E-state index contributed by atoms with van der Waals surface area (Å²) >= 11 is 0. The fraction of sp³-hybridized carbons (Fsp3) is 0.225. The van der Waals surface area contributed by atoms with Crippen molar-refractivity contribution in [2.24, 2.45) is 0 Å². The minimum atomic E-state index is -0.271. The van der Waals surface area contributed by atoms with Gasteiger partial charge in [0.15, 0.2) is 0 Å². The third-order valence-electron chi connectivity index (χ3n) is 7.35. The summed E-state index contributed by atoms with van der Waals surface area (Å²) in [5, 5.41) is 17.5. The van der Waals surface area contributed by atoms with Crippen molar-refractivity contribution in [3.8, 4) is 11.3 Å².